The van der Waals surface area contributed by atoms with Crippen molar-refractivity contribution in [2.24, 2.45) is 5.10 Å². The van der Waals surface area contributed by atoms with Crippen LogP contribution >= 0.6 is 23.1 Å². The number of hydrazone groups is 1. The Morgan fingerprint density at radius 2 is 1.79 bits per heavy atom. The third-order valence-electron chi connectivity index (χ3n) is 7.86. The number of thiophene rings is 1. The van der Waals surface area contributed by atoms with Gasteiger partial charge in [0.05, 0.1) is 54.4 Å². The van der Waals surface area contributed by atoms with Gasteiger partial charge in [0, 0.05) is 6.42 Å². The van der Waals surface area contributed by atoms with Crippen LogP contribution in [0, 0.1) is 13.8 Å². The fraction of sp³-hybridized carbons (Fsp3) is 0.229. The number of benzene rings is 3. The number of aryl methyl sites for hydroxylation is 2. The quantitative estimate of drug-likeness (QED) is 0.163. The highest BCUT2D eigenvalue weighted by atomic mass is 32.2. The summed E-state index contributed by atoms with van der Waals surface area (Å²) >= 11 is 2.90. The van der Waals surface area contributed by atoms with Crippen LogP contribution in [0.2, 0.25) is 0 Å². The van der Waals surface area contributed by atoms with E-state index in [9.17, 15) is 9.59 Å². The summed E-state index contributed by atoms with van der Waals surface area (Å²) in [4.78, 5) is 28.0. The van der Waals surface area contributed by atoms with Gasteiger partial charge in [0.15, 0.2) is 11.0 Å². The van der Waals surface area contributed by atoms with E-state index in [-0.39, 0.29) is 30.2 Å². The Morgan fingerprint density at radius 3 is 2.53 bits per heavy atom. The van der Waals surface area contributed by atoms with Gasteiger partial charge in [-0.05, 0) is 72.3 Å². The van der Waals surface area contributed by atoms with Crippen molar-refractivity contribution >= 4 is 40.6 Å². The van der Waals surface area contributed by atoms with Crippen LogP contribution in [0.5, 0.6) is 11.5 Å². The molecule has 5 aromatic rings. The highest BCUT2D eigenvalue weighted by Gasteiger charge is 2.34. The average Bonchev–Trinajstić information content (AvgIpc) is 3.88. The Balaban J connectivity index is 1.26. The number of amides is 2. The average molecular weight is 667 g/mol. The first kappa shape index (κ1) is 32.0. The minimum Gasteiger partial charge on any atom is -0.497 e. The number of para-hydroxylation sites is 1. The summed E-state index contributed by atoms with van der Waals surface area (Å²) in [6, 6.07) is 24.7. The smallest absolute Gasteiger partial charge is 0.255 e. The van der Waals surface area contributed by atoms with Gasteiger partial charge in [0.25, 0.3) is 11.8 Å². The molecule has 1 unspecified atom stereocenters. The van der Waals surface area contributed by atoms with E-state index in [1.54, 1.807) is 41.7 Å². The SMILES string of the molecule is COc1ccc(C2CC(c3cccs3)=NN2C(=O)CSc2nnc(CNC(=O)c3ccccc3OC)n2-c2cc(C)ccc2C)cc1. The first-order valence-electron chi connectivity index (χ1n) is 15.0. The molecule has 3 heterocycles. The topological polar surface area (TPSA) is 111 Å². The summed E-state index contributed by atoms with van der Waals surface area (Å²) < 4.78 is 12.6. The Bertz CT molecular complexity index is 1920. The lowest BCUT2D eigenvalue weighted by Gasteiger charge is -2.22. The van der Waals surface area contributed by atoms with Crippen LogP contribution in [0.15, 0.2) is 94.5 Å². The Hall–Kier alpha value is -4.94. The van der Waals surface area contributed by atoms with Gasteiger partial charge in [-0.3, -0.25) is 14.2 Å². The van der Waals surface area contributed by atoms with Crippen LogP contribution < -0.4 is 14.8 Å². The number of carbonyl (C=O) groups excluding carboxylic acids is 2. The monoisotopic (exact) mass is 666 g/mol. The number of nitrogens with one attached hydrogen (secondary N) is 1. The van der Waals surface area contributed by atoms with E-state index < -0.39 is 0 Å². The second-order valence-corrected chi connectivity index (χ2v) is 12.8. The number of aromatic nitrogens is 3. The number of rotatable bonds is 11. The molecule has 2 amide bonds. The molecule has 10 nitrogen and oxygen atoms in total. The molecule has 12 heteroatoms. The maximum atomic E-state index is 13.9. The first-order chi connectivity index (χ1) is 22.9. The van der Waals surface area contributed by atoms with Crippen LogP contribution in [0.1, 0.15) is 50.2 Å². The molecular formula is C35H34N6O4S2. The molecule has 1 N–H and O–H groups in total. The minimum absolute atomic E-state index is 0.0877. The van der Waals surface area contributed by atoms with Crippen molar-refractivity contribution in [2.45, 2.75) is 38.0 Å². The second kappa shape index (κ2) is 14.2. The molecular weight excluding hydrogens is 633 g/mol. The summed E-state index contributed by atoms with van der Waals surface area (Å²) in [6.07, 6.45) is 0.609. The lowest BCUT2D eigenvalue weighted by Crippen LogP contribution is -2.28. The highest BCUT2D eigenvalue weighted by molar-refractivity contribution is 7.99. The molecule has 1 aliphatic rings. The predicted octanol–water partition coefficient (Wildman–Crippen LogP) is 6.36. The van der Waals surface area contributed by atoms with Crippen molar-refractivity contribution in [3.05, 3.63) is 117 Å². The van der Waals surface area contributed by atoms with E-state index in [2.05, 4.69) is 15.5 Å². The standard InChI is InChI=1S/C35H34N6O4S2/c1-22-11-12-23(2)28(18-22)40-32(20-36-34(43)26-8-5-6-9-30(26)45-4)37-38-35(40)47-21-33(42)41-29(24-13-15-25(44-3)16-14-24)19-27(39-41)31-10-7-17-46-31/h5-18,29H,19-21H2,1-4H3,(H,36,43). The summed E-state index contributed by atoms with van der Waals surface area (Å²) in [7, 11) is 3.16. The Morgan fingerprint density at radius 1 is 0.979 bits per heavy atom. The number of carbonyl (C=O) groups is 2. The van der Waals surface area contributed by atoms with Gasteiger partial charge in [-0.25, -0.2) is 5.01 Å². The number of nitrogens with zero attached hydrogens (tertiary/aromatic N) is 5. The summed E-state index contributed by atoms with van der Waals surface area (Å²) in [6.45, 7) is 4.14. The molecule has 0 aliphatic carbocycles. The molecule has 0 saturated heterocycles. The Labute approximate surface area is 281 Å². The van der Waals surface area contributed by atoms with E-state index in [1.807, 2.05) is 84.5 Å². The first-order valence-corrected chi connectivity index (χ1v) is 16.9. The van der Waals surface area contributed by atoms with Crippen molar-refractivity contribution in [2.75, 3.05) is 20.0 Å². The summed E-state index contributed by atoms with van der Waals surface area (Å²) in [5.41, 5.74) is 5.22. The zero-order chi connectivity index (χ0) is 32.9. The highest BCUT2D eigenvalue weighted by Crippen LogP contribution is 2.35. The predicted molar refractivity (Wildman–Crippen MR) is 184 cm³/mol. The number of hydrogen-bond acceptors (Lipinski definition) is 9. The zero-order valence-electron chi connectivity index (χ0n) is 26.5. The van der Waals surface area contributed by atoms with Gasteiger partial charge in [0.2, 0.25) is 0 Å². The number of ether oxygens (including phenoxy) is 2. The minimum atomic E-state index is -0.291. The van der Waals surface area contributed by atoms with E-state index in [1.165, 1.54) is 18.9 Å². The number of thioether (sulfide) groups is 1. The second-order valence-electron chi connectivity index (χ2n) is 11.0. The molecule has 0 fully saturated rings. The molecule has 0 spiro atoms. The molecule has 0 bridgehead atoms. The molecule has 0 radical (unpaired) electrons. The lowest BCUT2D eigenvalue weighted by atomic mass is 10.0. The van der Waals surface area contributed by atoms with Crippen molar-refractivity contribution < 1.29 is 19.1 Å². The van der Waals surface area contributed by atoms with E-state index in [4.69, 9.17) is 14.6 Å². The molecule has 2 aromatic heterocycles. The Kier molecular flexibility index (Phi) is 9.69. The van der Waals surface area contributed by atoms with Crippen molar-refractivity contribution in [3.63, 3.8) is 0 Å². The van der Waals surface area contributed by atoms with Gasteiger partial charge < -0.3 is 14.8 Å². The van der Waals surface area contributed by atoms with Gasteiger partial charge in [-0.15, -0.1) is 21.5 Å². The van der Waals surface area contributed by atoms with Crippen LogP contribution in [0.3, 0.4) is 0 Å². The molecule has 0 saturated carbocycles. The molecule has 6 rings (SSSR count). The molecule has 240 valence electrons. The van der Waals surface area contributed by atoms with Crippen molar-refractivity contribution in [3.8, 4) is 17.2 Å². The fourth-order valence-corrected chi connectivity index (χ4v) is 6.94. The molecule has 1 atom stereocenters. The van der Waals surface area contributed by atoms with E-state index >= 15 is 0 Å². The van der Waals surface area contributed by atoms with Gasteiger partial charge in [-0.1, -0.05) is 54.2 Å². The van der Waals surface area contributed by atoms with Gasteiger partial charge in [-0.2, -0.15) is 5.10 Å². The number of methoxy groups -OCH3 is 2. The van der Waals surface area contributed by atoms with Crippen LogP contribution in [-0.4, -0.2) is 57.3 Å². The van der Waals surface area contributed by atoms with Crippen LogP contribution in [0.4, 0.5) is 0 Å². The maximum absolute atomic E-state index is 13.9. The maximum Gasteiger partial charge on any atom is 0.255 e. The summed E-state index contributed by atoms with van der Waals surface area (Å²) in [5.74, 6) is 1.41. The van der Waals surface area contributed by atoms with Crippen molar-refractivity contribution in [1.82, 2.24) is 25.1 Å². The summed E-state index contributed by atoms with van der Waals surface area (Å²) in [5, 5.41) is 20.8. The number of hydrogen-bond donors (Lipinski definition) is 1. The third-order valence-corrected chi connectivity index (χ3v) is 9.69. The fourth-order valence-electron chi connectivity index (χ4n) is 5.41. The van der Waals surface area contributed by atoms with E-state index in [0.29, 0.717) is 28.7 Å². The van der Waals surface area contributed by atoms with Crippen LogP contribution in [0.25, 0.3) is 5.69 Å². The largest absolute Gasteiger partial charge is 0.497 e. The van der Waals surface area contributed by atoms with Crippen molar-refractivity contribution in [1.29, 1.82) is 0 Å². The van der Waals surface area contributed by atoms with Crippen LogP contribution in [-0.2, 0) is 11.3 Å². The van der Waals surface area contributed by atoms with Gasteiger partial charge in [0.1, 0.15) is 11.5 Å². The third kappa shape index (κ3) is 6.93. The molecule has 47 heavy (non-hydrogen) atoms. The molecule has 1 aliphatic heterocycles. The molecule has 3 aromatic carbocycles. The van der Waals surface area contributed by atoms with E-state index in [0.717, 1.165) is 38.7 Å². The lowest BCUT2D eigenvalue weighted by molar-refractivity contribution is -0.130. The normalized spacial score (nSPS) is 14.2. The van der Waals surface area contributed by atoms with Gasteiger partial charge >= 0.3 is 0 Å². The zero-order valence-corrected chi connectivity index (χ0v) is 28.1.